The monoisotopic (exact) mass is 523 g/mol. The maximum atomic E-state index is 13.8. The van der Waals surface area contributed by atoms with Gasteiger partial charge in [-0.05, 0) is 43.7 Å². The number of nitrogens with one attached hydrogen (secondary N) is 1. The molecular formula is C27H26ClN3O4S. The Balaban J connectivity index is 1.89. The first-order valence-corrected chi connectivity index (χ1v) is 12.6. The molecule has 186 valence electrons. The van der Waals surface area contributed by atoms with Crippen LogP contribution in [0.15, 0.2) is 70.6 Å². The second-order valence-corrected chi connectivity index (χ2v) is 9.70. The summed E-state index contributed by atoms with van der Waals surface area (Å²) < 4.78 is 12.4. The Morgan fingerprint density at radius 2 is 1.75 bits per heavy atom. The van der Waals surface area contributed by atoms with Gasteiger partial charge in [0.1, 0.15) is 11.5 Å². The highest BCUT2D eigenvalue weighted by molar-refractivity contribution is 7.98. The summed E-state index contributed by atoms with van der Waals surface area (Å²) in [5.74, 6) is 1.35. The zero-order chi connectivity index (χ0) is 25.8. The van der Waals surface area contributed by atoms with E-state index in [1.165, 1.54) is 16.3 Å². The van der Waals surface area contributed by atoms with Crippen LogP contribution < -0.4 is 20.3 Å². The maximum Gasteiger partial charge on any atom is 0.266 e. The predicted octanol–water partition coefficient (Wildman–Crippen LogP) is 5.49. The molecule has 0 fully saturated rings. The highest BCUT2D eigenvalue weighted by Crippen LogP contribution is 2.30. The summed E-state index contributed by atoms with van der Waals surface area (Å²) in [4.78, 5) is 31.2. The van der Waals surface area contributed by atoms with Crippen molar-refractivity contribution in [3.05, 3.63) is 87.2 Å². The molecule has 0 saturated carbocycles. The number of ether oxygens (including phenoxy) is 2. The second-order valence-electron chi connectivity index (χ2n) is 8.35. The number of hydrogen-bond acceptors (Lipinski definition) is 6. The molecule has 4 aromatic rings. The van der Waals surface area contributed by atoms with Gasteiger partial charge in [-0.3, -0.25) is 14.2 Å². The van der Waals surface area contributed by atoms with Crippen LogP contribution in [0.3, 0.4) is 0 Å². The third-order valence-electron chi connectivity index (χ3n) is 5.43. The molecule has 0 spiro atoms. The first kappa shape index (κ1) is 25.6. The molecule has 4 rings (SSSR count). The normalized spacial score (nSPS) is 11.1. The molecule has 0 bridgehead atoms. The molecule has 1 amide bonds. The van der Waals surface area contributed by atoms with Crippen molar-refractivity contribution in [2.24, 2.45) is 0 Å². The summed E-state index contributed by atoms with van der Waals surface area (Å²) in [6, 6.07) is 17.7. The fraction of sp³-hybridized carbons (Fsp3) is 0.222. The molecule has 0 saturated heterocycles. The van der Waals surface area contributed by atoms with E-state index in [1.807, 2.05) is 38.1 Å². The number of methoxy groups -OCH3 is 2. The summed E-state index contributed by atoms with van der Waals surface area (Å²) in [5, 5.41) is 4.34. The van der Waals surface area contributed by atoms with Gasteiger partial charge < -0.3 is 14.8 Å². The number of fused-ring (bicyclic) bond motifs is 1. The summed E-state index contributed by atoms with van der Waals surface area (Å²) in [5.41, 5.74) is 2.06. The fourth-order valence-corrected chi connectivity index (χ4v) is 4.95. The van der Waals surface area contributed by atoms with Crippen LogP contribution >= 0.6 is 23.4 Å². The Labute approximate surface area is 218 Å². The number of carbonyl (C=O) groups excluding carboxylic acids is 1. The van der Waals surface area contributed by atoms with E-state index in [4.69, 9.17) is 26.1 Å². The standard InChI is InChI=1S/C27H26ClN3O4S/c1-16(2)29-25(32)17-9-10-22-24(11-17)30-27(36-15-18-7-5-6-8-23(18)28)31(26(22)33)19-12-20(34-3)14-21(13-19)35-4/h5-14,16H,15H2,1-4H3,(H,29,32). The first-order valence-electron chi connectivity index (χ1n) is 11.3. The van der Waals surface area contributed by atoms with Crippen molar-refractivity contribution in [2.45, 2.75) is 30.8 Å². The van der Waals surface area contributed by atoms with Crippen LogP contribution in [0.25, 0.3) is 16.6 Å². The number of carbonyl (C=O) groups is 1. The van der Waals surface area contributed by atoms with Crippen LogP contribution in [-0.4, -0.2) is 35.7 Å². The van der Waals surface area contributed by atoms with Gasteiger partial charge in [0.05, 0.1) is 30.8 Å². The molecule has 36 heavy (non-hydrogen) atoms. The smallest absolute Gasteiger partial charge is 0.266 e. The summed E-state index contributed by atoms with van der Waals surface area (Å²) in [6.45, 7) is 3.78. The van der Waals surface area contributed by atoms with Gasteiger partial charge in [0.2, 0.25) is 0 Å². The Morgan fingerprint density at radius 1 is 1.06 bits per heavy atom. The lowest BCUT2D eigenvalue weighted by Crippen LogP contribution is -2.30. The SMILES string of the molecule is COc1cc(OC)cc(-n2c(SCc3ccccc3Cl)nc3cc(C(=O)NC(C)C)ccc3c2=O)c1. The Kier molecular flexibility index (Phi) is 7.86. The molecule has 1 aromatic heterocycles. The van der Waals surface area contributed by atoms with Gasteiger partial charge in [-0.15, -0.1) is 0 Å². The molecule has 0 aliphatic carbocycles. The fourth-order valence-electron chi connectivity index (χ4n) is 3.66. The Hall–Kier alpha value is -3.49. The zero-order valence-electron chi connectivity index (χ0n) is 20.4. The van der Waals surface area contributed by atoms with E-state index >= 15 is 0 Å². The molecule has 9 heteroatoms. The van der Waals surface area contributed by atoms with Crippen molar-refractivity contribution in [1.29, 1.82) is 0 Å². The largest absolute Gasteiger partial charge is 0.497 e. The average molecular weight is 524 g/mol. The van der Waals surface area contributed by atoms with Gasteiger partial charge in [-0.1, -0.05) is 41.6 Å². The van der Waals surface area contributed by atoms with E-state index in [0.717, 1.165) is 5.56 Å². The summed E-state index contributed by atoms with van der Waals surface area (Å²) >= 11 is 7.75. The minimum Gasteiger partial charge on any atom is -0.497 e. The van der Waals surface area contributed by atoms with Gasteiger partial charge in [-0.2, -0.15) is 0 Å². The second kappa shape index (κ2) is 11.1. The van der Waals surface area contributed by atoms with E-state index in [-0.39, 0.29) is 17.5 Å². The van der Waals surface area contributed by atoms with Crippen LogP contribution in [0.4, 0.5) is 0 Å². The van der Waals surface area contributed by atoms with Gasteiger partial charge in [0, 0.05) is 40.6 Å². The van der Waals surface area contributed by atoms with E-state index < -0.39 is 0 Å². The Morgan fingerprint density at radius 3 is 2.39 bits per heavy atom. The van der Waals surface area contributed by atoms with Crippen LogP contribution in [0.1, 0.15) is 29.8 Å². The third kappa shape index (κ3) is 5.50. The average Bonchev–Trinajstić information content (AvgIpc) is 2.87. The molecular weight excluding hydrogens is 498 g/mol. The van der Waals surface area contributed by atoms with Crippen molar-refractivity contribution < 1.29 is 14.3 Å². The summed E-state index contributed by atoms with van der Waals surface area (Å²) in [6.07, 6.45) is 0. The van der Waals surface area contributed by atoms with E-state index in [9.17, 15) is 9.59 Å². The molecule has 0 aliphatic rings. The lowest BCUT2D eigenvalue weighted by molar-refractivity contribution is 0.0943. The minimum atomic E-state index is -0.271. The molecule has 7 nitrogen and oxygen atoms in total. The quantitative estimate of drug-likeness (QED) is 0.243. The van der Waals surface area contributed by atoms with Gasteiger partial charge >= 0.3 is 0 Å². The van der Waals surface area contributed by atoms with Crippen LogP contribution in [0.5, 0.6) is 11.5 Å². The number of nitrogens with zero attached hydrogens (tertiary/aromatic N) is 2. The van der Waals surface area contributed by atoms with E-state index in [2.05, 4.69) is 5.32 Å². The number of thioether (sulfide) groups is 1. The molecule has 1 heterocycles. The third-order valence-corrected chi connectivity index (χ3v) is 6.79. The lowest BCUT2D eigenvalue weighted by atomic mass is 10.1. The molecule has 0 atom stereocenters. The van der Waals surface area contributed by atoms with Gasteiger partial charge in [0.25, 0.3) is 11.5 Å². The van der Waals surface area contributed by atoms with Crippen molar-refractivity contribution in [3.8, 4) is 17.2 Å². The lowest BCUT2D eigenvalue weighted by Gasteiger charge is -2.16. The zero-order valence-corrected chi connectivity index (χ0v) is 21.9. The summed E-state index contributed by atoms with van der Waals surface area (Å²) in [7, 11) is 3.10. The van der Waals surface area contributed by atoms with Crippen LogP contribution in [0, 0.1) is 0 Å². The molecule has 0 radical (unpaired) electrons. The van der Waals surface area contributed by atoms with Crippen LogP contribution in [0.2, 0.25) is 5.02 Å². The van der Waals surface area contributed by atoms with Gasteiger partial charge in [0.15, 0.2) is 5.16 Å². The number of benzene rings is 3. The van der Waals surface area contributed by atoms with E-state index in [1.54, 1.807) is 50.6 Å². The van der Waals surface area contributed by atoms with E-state index in [0.29, 0.717) is 49.6 Å². The van der Waals surface area contributed by atoms with Crippen molar-refractivity contribution in [1.82, 2.24) is 14.9 Å². The highest BCUT2D eigenvalue weighted by atomic mass is 35.5. The Bertz CT molecular complexity index is 1460. The minimum absolute atomic E-state index is 0.0149. The first-order chi connectivity index (χ1) is 17.3. The topological polar surface area (TPSA) is 82.4 Å². The van der Waals surface area contributed by atoms with Crippen LogP contribution in [-0.2, 0) is 5.75 Å². The van der Waals surface area contributed by atoms with Crippen molar-refractivity contribution in [2.75, 3.05) is 14.2 Å². The molecule has 1 N–H and O–H groups in total. The maximum absolute atomic E-state index is 13.8. The molecule has 3 aromatic carbocycles. The number of aromatic nitrogens is 2. The van der Waals surface area contributed by atoms with Gasteiger partial charge in [-0.25, -0.2) is 4.98 Å². The highest BCUT2D eigenvalue weighted by Gasteiger charge is 2.18. The molecule has 0 unspecified atom stereocenters. The van der Waals surface area contributed by atoms with Crippen molar-refractivity contribution >= 4 is 40.2 Å². The number of halogens is 1. The number of rotatable bonds is 8. The molecule has 0 aliphatic heterocycles. The van der Waals surface area contributed by atoms with Crippen molar-refractivity contribution in [3.63, 3.8) is 0 Å². The number of amides is 1. The predicted molar refractivity (Wildman–Crippen MR) is 144 cm³/mol. The number of hydrogen-bond donors (Lipinski definition) is 1.